The molecule has 2 heterocycles. The third-order valence-corrected chi connectivity index (χ3v) is 2.52. The molecule has 0 bridgehead atoms. The second-order valence-electron chi connectivity index (χ2n) is 2.31. The van der Waals surface area contributed by atoms with E-state index in [9.17, 15) is 0 Å². The van der Waals surface area contributed by atoms with Crippen molar-refractivity contribution in [3.63, 3.8) is 0 Å². The van der Waals surface area contributed by atoms with Crippen LogP contribution in [0.3, 0.4) is 0 Å². The topological polar surface area (TPSA) is 59.2 Å². The summed E-state index contributed by atoms with van der Waals surface area (Å²) < 4.78 is 5.55. The molecular weight excluding hydrogens is 212 g/mol. The molecule has 68 valence electrons. The minimum Gasteiger partial charge on any atom is -0.388 e. The molecule has 0 aliphatic heterocycles. The fourth-order valence-electron chi connectivity index (χ4n) is 0.858. The zero-order valence-corrected chi connectivity index (χ0v) is 7.97. The first-order valence-corrected chi connectivity index (χ1v) is 4.73. The number of halogens is 1. The quantitative estimate of drug-likeness (QED) is 0.834. The average molecular weight is 217 g/mol. The fraction of sp³-hybridized carbons (Fsp3) is 0.143. The van der Waals surface area contributed by atoms with Gasteiger partial charge in [-0.05, 0) is 6.07 Å². The average Bonchev–Trinajstić information content (AvgIpc) is 2.71. The van der Waals surface area contributed by atoms with Crippen LogP contribution in [0.25, 0.3) is 11.5 Å². The number of aromatic nitrogens is 2. The maximum Gasteiger partial charge on any atom is 0.258 e. The summed E-state index contributed by atoms with van der Waals surface area (Å²) in [5.74, 6) is 0.657. The molecule has 0 unspecified atom stereocenters. The van der Waals surface area contributed by atoms with E-state index in [2.05, 4.69) is 10.1 Å². The number of aliphatic hydroxyl groups excluding tert-OH is 1. The summed E-state index contributed by atoms with van der Waals surface area (Å²) in [6.45, 7) is -0.221. The Kier molecular flexibility index (Phi) is 2.30. The smallest absolute Gasteiger partial charge is 0.258 e. The summed E-state index contributed by atoms with van der Waals surface area (Å²) in [7, 11) is 0. The van der Waals surface area contributed by atoms with Crippen molar-refractivity contribution in [2.45, 2.75) is 6.61 Å². The molecule has 4 nitrogen and oxygen atoms in total. The Morgan fingerprint density at radius 3 is 3.00 bits per heavy atom. The van der Waals surface area contributed by atoms with Crippen LogP contribution in [0, 0.1) is 0 Å². The largest absolute Gasteiger partial charge is 0.388 e. The van der Waals surface area contributed by atoms with E-state index < -0.39 is 0 Å². The first kappa shape index (κ1) is 8.68. The van der Waals surface area contributed by atoms with E-state index in [-0.39, 0.29) is 12.4 Å². The number of thiophene rings is 1. The fourth-order valence-corrected chi connectivity index (χ4v) is 1.71. The molecule has 0 aliphatic rings. The Balaban J connectivity index is 2.35. The van der Waals surface area contributed by atoms with Crippen molar-refractivity contribution < 1.29 is 9.63 Å². The van der Waals surface area contributed by atoms with E-state index in [0.717, 1.165) is 5.56 Å². The SMILES string of the molecule is OCc1noc(-c2csc(Cl)c2)n1. The lowest BCUT2D eigenvalue weighted by atomic mass is 10.3. The first-order chi connectivity index (χ1) is 6.29. The van der Waals surface area contributed by atoms with Gasteiger partial charge in [-0.15, -0.1) is 11.3 Å². The summed E-state index contributed by atoms with van der Waals surface area (Å²) in [6.07, 6.45) is 0. The van der Waals surface area contributed by atoms with Crippen LogP contribution in [0.5, 0.6) is 0 Å². The molecule has 2 rings (SSSR count). The van der Waals surface area contributed by atoms with Gasteiger partial charge in [-0.3, -0.25) is 0 Å². The zero-order chi connectivity index (χ0) is 9.26. The Morgan fingerprint density at radius 1 is 1.62 bits per heavy atom. The Labute approximate surface area is 82.8 Å². The number of rotatable bonds is 2. The van der Waals surface area contributed by atoms with E-state index in [0.29, 0.717) is 10.2 Å². The molecule has 2 aromatic heterocycles. The number of aliphatic hydroxyl groups is 1. The third-order valence-electron chi connectivity index (χ3n) is 1.42. The molecular formula is C7H5ClN2O2S. The number of hydrogen-bond donors (Lipinski definition) is 1. The third kappa shape index (κ3) is 1.72. The van der Waals surface area contributed by atoms with Crippen LogP contribution in [0.1, 0.15) is 5.82 Å². The van der Waals surface area contributed by atoms with Crippen LogP contribution < -0.4 is 0 Å². The van der Waals surface area contributed by atoms with Gasteiger partial charge in [-0.2, -0.15) is 4.98 Å². The van der Waals surface area contributed by atoms with Gasteiger partial charge in [0.25, 0.3) is 5.89 Å². The van der Waals surface area contributed by atoms with Gasteiger partial charge in [0.2, 0.25) is 0 Å². The van der Waals surface area contributed by atoms with Crippen LogP contribution >= 0.6 is 22.9 Å². The monoisotopic (exact) mass is 216 g/mol. The Bertz CT molecular complexity index is 412. The highest BCUT2D eigenvalue weighted by atomic mass is 35.5. The minimum atomic E-state index is -0.221. The molecule has 2 aromatic rings. The van der Waals surface area contributed by atoms with Crippen molar-refractivity contribution in [1.29, 1.82) is 0 Å². The van der Waals surface area contributed by atoms with Crippen LogP contribution in [0.4, 0.5) is 0 Å². The van der Waals surface area contributed by atoms with Gasteiger partial charge in [0.15, 0.2) is 5.82 Å². The van der Waals surface area contributed by atoms with E-state index in [4.69, 9.17) is 21.2 Å². The van der Waals surface area contributed by atoms with Gasteiger partial charge in [-0.25, -0.2) is 0 Å². The van der Waals surface area contributed by atoms with E-state index in [1.807, 2.05) is 5.38 Å². The Hall–Kier alpha value is -0.910. The first-order valence-electron chi connectivity index (χ1n) is 3.47. The molecule has 0 fully saturated rings. The second kappa shape index (κ2) is 3.45. The summed E-state index contributed by atoms with van der Waals surface area (Å²) in [5.41, 5.74) is 0.780. The molecule has 1 N–H and O–H groups in total. The molecule has 0 atom stereocenters. The second-order valence-corrected chi connectivity index (χ2v) is 3.86. The van der Waals surface area contributed by atoms with E-state index >= 15 is 0 Å². The van der Waals surface area contributed by atoms with Gasteiger partial charge < -0.3 is 9.63 Å². The van der Waals surface area contributed by atoms with Crippen molar-refractivity contribution in [2.75, 3.05) is 0 Å². The maximum absolute atomic E-state index is 8.69. The molecule has 13 heavy (non-hydrogen) atoms. The van der Waals surface area contributed by atoms with Crippen LogP contribution in [0.15, 0.2) is 16.0 Å². The molecule has 0 aliphatic carbocycles. The number of nitrogens with zero attached hydrogens (tertiary/aromatic N) is 2. The summed E-state index contributed by atoms with van der Waals surface area (Å²) in [6, 6.07) is 1.74. The lowest BCUT2D eigenvalue weighted by Crippen LogP contribution is -1.84. The van der Waals surface area contributed by atoms with Gasteiger partial charge in [-0.1, -0.05) is 16.8 Å². The molecule has 0 aromatic carbocycles. The van der Waals surface area contributed by atoms with E-state index in [1.54, 1.807) is 6.07 Å². The molecule has 0 saturated carbocycles. The van der Waals surface area contributed by atoms with Crippen LogP contribution in [-0.4, -0.2) is 15.2 Å². The lowest BCUT2D eigenvalue weighted by Gasteiger charge is -1.82. The summed E-state index contributed by atoms with van der Waals surface area (Å²) in [4.78, 5) is 3.93. The summed E-state index contributed by atoms with van der Waals surface area (Å²) >= 11 is 7.12. The predicted octanol–water partition coefficient (Wildman–Crippen LogP) is 1.94. The molecule has 6 heteroatoms. The van der Waals surface area contributed by atoms with Gasteiger partial charge >= 0.3 is 0 Å². The Morgan fingerprint density at radius 2 is 2.46 bits per heavy atom. The van der Waals surface area contributed by atoms with Gasteiger partial charge in [0, 0.05) is 5.38 Å². The highest BCUT2D eigenvalue weighted by Gasteiger charge is 2.09. The zero-order valence-electron chi connectivity index (χ0n) is 6.40. The molecule has 0 amide bonds. The van der Waals surface area contributed by atoms with Crippen molar-refractivity contribution in [1.82, 2.24) is 10.1 Å². The number of hydrogen-bond acceptors (Lipinski definition) is 5. The van der Waals surface area contributed by atoms with Gasteiger partial charge in [0.1, 0.15) is 6.61 Å². The standard InChI is InChI=1S/C7H5ClN2O2S/c8-5-1-4(3-13-5)7-9-6(2-11)10-12-7/h1,3,11H,2H2. The minimum absolute atomic E-state index is 0.221. The molecule has 0 spiro atoms. The lowest BCUT2D eigenvalue weighted by molar-refractivity contribution is 0.264. The van der Waals surface area contributed by atoms with Crippen molar-refractivity contribution in [3.05, 3.63) is 21.6 Å². The van der Waals surface area contributed by atoms with E-state index in [1.165, 1.54) is 11.3 Å². The molecule has 0 radical (unpaired) electrons. The maximum atomic E-state index is 8.69. The van der Waals surface area contributed by atoms with Crippen LogP contribution in [0.2, 0.25) is 4.34 Å². The summed E-state index contributed by atoms with van der Waals surface area (Å²) in [5, 5.41) is 14.1. The highest BCUT2D eigenvalue weighted by molar-refractivity contribution is 7.14. The van der Waals surface area contributed by atoms with Gasteiger partial charge in [0.05, 0.1) is 9.90 Å². The predicted molar refractivity (Wildman–Crippen MR) is 48.5 cm³/mol. The van der Waals surface area contributed by atoms with Crippen molar-refractivity contribution in [3.8, 4) is 11.5 Å². The van der Waals surface area contributed by atoms with Crippen molar-refractivity contribution >= 4 is 22.9 Å². The highest BCUT2D eigenvalue weighted by Crippen LogP contribution is 2.27. The molecule has 0 saturated heterocycles. The normalized spacial score (nSPS) is 10.6. The van der Waals surface area contributed by atoms with Crippen molar-refractivity contribution in [2.24, 2.45) is 0 Å². The van der Waals surface area contributed by atoms with Crippen LogP contribution in [-0.2, 0) is 6.61 Å².